The van der Waals surface area contributed by atoms with Crippen molar-refractivity contribution < 1.29 is 14.2 Å². The minimum absolute atomic E-state index is 0.157. The molecule has 0 saturated carbocycles. The molecule has 1 aliphatic heterocycles. The molecule has 1 aliphatic carbocycles. The first kappa shape index (κ1) is 17.5. The van der Waals surface area contributed by atoms with Crippen LogP contribution in [0, 0.1) is 5.92 Å². The predicted molar refractivity (Wildman–Crippen MR) is 102 cm³/mol. The summed E-state index contributed by atoms with van der Waals surface area (Å²) in [6, 6.07) is 20.8. The van der Waals surface area contributed by atoms with Crippen LogP contribution in [0.3, 0.4) is 0 Å². The molecule has 1 fully saturated rings. The lowest BCUT2D eigenvalue weighted by atomic mass is 9.87. The first-order chi connectivity index (χ1) is 12.8. The molecule has 2 aliphatic rings. The number of hydrogen-bond acceptors (Lipinski definition) is 3. The fourth-order valence-corrected chi connectivity index (χ4v) is 3.99. The lowest BCUT2D eigenvalue weighted by Crippen LogP contribution is -2.37. The number of hydrogen-bond donors (Lipinski definition) is 0. The van der Waals surface area contributed by atoms with E-state index in [2.05, 4.69) is 48.6 Å². The Bertz CT molecular complexity index is 713. The highest BCUT2D eigenvalue weighted by Crippen LogP contribution is 2.42. The van der Waals surface area contributed by atoms with E-state index in [1.54, 1.807) is 7.11 Å². The van der Waals surface area contributed by atoms with E-state index in [4.69, 9.17) is 14.2 Å². The third-order valence-electron chi connectivity index (χ3n) is 5.36. The molecule has 3 nitrogen and oxygen atoms in total. The van der Waals surface area contributed by atoms with Gasteiger partial charge in [-0.15, -0.1) is 0 Å². The smallest absolute Gasteiger partial charge is 0.158 e. The molecule has 3 heteroatoms. The van der Waals surface area contributed by atoms with E-state index in [-0.39, 0.29) is 24.6 Å². The average Bonchev–Trinajstić information content (AvgIpc) is 2.70. The summed E-state index contributed by atoms with van der Waals surface area (Å²) in [6.07, 6.45) is 7.05. The van der Waals surface area contributed by atoms with E-state index in [9.17, 15) is 0 Å². The second kappa shape index (κ2) is 8.17. The van der Waals surface area contributed by atoms with Crippen molar-refractivity contribution in [2.45, 2.75) is 43.9 Å². The third kappa shape index (κ3) is 3.75. The number of methoxy groups -OCH3 is 1. The van der Waals surface area contributed by atoms with Gasteiger partial charge in [0.2, 0.25) is 0 Å². The third-order valence-corrected chi connectivity index (χ3v) is 5.36. The van der Waals surface area contributed by atoms with Gasteiger partial charge < -0.3 is 14.2 Å². The number of fused-ring (bicyclic) bond motifs is 1. The number of rotatable bonds is 3. The van der Waals surface area contributed by atoms with E-state index >= 15 is 0 Å². The van der Waals surface area contributed by atoms with Crippen LogP contribution in [0.1, 0.15) is 42.6 Å². The number of allylic oxidation sites excluding steroid dienone is 1. The molecule has 0 amide bonds. The van der Waals surface area contributed by atoms with Crippen LogP contribution in [0.25, 0.3) is 0 Å². The van der Waals surface area contributed by atoms with Gasteiger partial charge in [0.1, 0.15) is 12.2 Å². The van der Waals surface area contributed by atoms with E-state index in [1.165, 1.54) is 0 Å². The van der Waals surface area contributed by atoms with Gasteiger partial charge in [0.15, 0.2) is 6.29 Å². The fourth-order valence-electron chi connectivity index (χ4n) is 3.99. The van der Waals surface area contributed by atoms with Crippen molar-refractivity contribution in [3.05, 3.63) is 83.9 Å². The summed E-state index contributed by atoms with van der Waals surface area (Å²) >= 11 is 0. The summed E-state index contributed by atoms with van der Waals surface area (Å²) in [5.41, 5.74) is 2.26. The maximum atomic E-state index is 6.71. The van der Waals surface area contributed by atoms with Gasteiger partial charge in [0.05, 0.1) is 6.10 Å². The SMILES string of the molecule is CO[C@H]1C[C@@H]2C=CCC[C@@H]2O[C@H](c2ccccc2)[C@@H](c2ccccc2)O1. The lowest BCUT2D eigenvalue weighted by molar-refractivity contribution is -0.231. The van der Waals surface area contributed by atoms with Crippen LogP contribution < -0.4 is 0 Å². The molecule has 2 aromatic carbocycles. The summed E-state index contributed by atoms with van der Waals surface area (Å²) in [5, 5.41) is 0. The van der Waals surface area contributed by atoms with Gasteiger partial charge in [-0.3, -0.25) is 0 Å². The van der Waals surface area contributed by atoms with Crippen LogP contribution >= 0.6 is 0 Å². The maximum Gasteiger partial charge on any atom is 0.158 e. The first-order valence-corrected chi connectivity index (χ1v) is 9.45. The Morgan fingerprint density at radius 1 is 0.846 bits per heavy atom. The quantitative estimate of drug-likeness (QED) is 0.711. The molecule has 0 bridgehead atoms. The molecule has 4 rings (SSSR count). The topological polar surface area (TPSA) is 27.7 Å². The van der Waals surface area contributed by atoms with E-state index in [0.29, 0.717) is 5.92 Å². The van der Waals surface area contributed by atoms with Gasteiger partial charge in [-0.1, -0.05) is 72.8 Å². The van der Waals surface area contributed by atoms with Gasteiger partial charge in [0.25, 0.3) is 0 Å². The Kier molecular flexibility index (Phi) is 5.49. The fraction of sp³-hybridized carbons (Fsp3) is 0.391. The number of ether oxygens (including phenoxy) is 3. The summed E-state index contributed by atoms with van der Waals surface area (Å²) in [6.45, 7) is 0. The average molecular weight is 350 g/mol. The highest BCUT2D eigenvalue weighted by atomic mass is 16.7. The van der Waals surface area contributed by atoms with Gasteiger partial charge in [-0.2, -0.15) is 0 Å². The van der Waals surface area contributed by atoms with Crippen LogP contribution in [0.2, 0.25) is 0 Å². The zero-order valence-electron chi connectivity index (χ0n) is 15.2. The van der Waals surface area contributed by atoms with Crippen LogP contribution in [-0.2, 0) is 14.2 Å². The molecule has 0 N–H and O–H groups in total. The zero-order chi connectivity index (χ0) is 17.8. The van der Waals surface area contributed by atoms with Crippen molar-refractivity contribution in [2.75, 3.05) is 7.11 Å². The first-order valence-electron chi connectivity index (χ1n) is 9.45. The van der Waals surface area contributed by atoms with Crippen LogP contribution in [-0.4, -0.2) is 19.5 Å². The van der Waals surface area contributed by atoms with E-state index < -0.39 is 0 Å². The van der Waals surface area contributed by atoms with E-state index in [0.717, 1.165) is 30.4 Å². The van der Waals surface area contributed by atoms with Gasteiger partial charge in [0, 0.05) is 19.4 Å². The minimum atomic E-state index is -0.245. The molecule has 1 heterocycles. The van der Waals surface area contributed by atoms with Crippen molar-refractivity contribution in [1.82, 2.24) is 0 Å². The molecule has 136 valence electrons. The maximum absolute atomic E-state index is 6.71. The Morgan fingerprint density at radius 3 is 2.08 bits per heavy atom. The molecule has 1 saturated heterocycles. The van der Waals surface area contributed by atoms with Gasteiger partial charge in [-0.05, 0) is 24.0 Å². The van der Waals surface area contributed by atoms with Gasteiger partial charge >= 0.3 is 0 Å². The normalized spacial score (nSPS) is 31.7. The van der Waals surface area contributed by atoms with Crippen molar-refractivity contribution in [3.63, 3.8) is 0 Å². The van der Waals surface area contributed by atoms with Crippen LogP contribution in [0.15, 0.2) is 72.8 Å². The highest BCUT2D eigenvalue weighted by Gasteiger charge is 2.38. The molecule has 0 spiro atoms. The van der Waals surface area contributed by atoms with E-state index in [1.807, 2.05) is 24.3 Å². The molecule has 26 heavy (non-hydrogen) atoms. The second-order valence-corrected chi connectivity index (χ2v) is 7.04. The van der Waals surface area contributed by atoms with Crippen LogP contribution in [0.4, 0.5) is 0 Å². The Hall–Kier alpha value is -1.94. The molecular formula is C23H26O3. The summed E-state index contributed by atoms with van der Waals surface area (Å²) in [5.74, 6) is 0.330. The Balaban J connectivity index is 1.74. The lowest BCUT2D eigenvalue weighted by Gasteiger charge is -2.40. The molecule has 2 aromatic rings. The summed E-state index contributed by atoms with van der Waals surface area (Å²) < 4.78 is 18.9. The highest BCUT2D eigenvalue weighted by molar-refractivity contribution is 5.26. The van der Waals surface area contributed by atoms with Crippen molar-refractivity contribution in [1.29, 1.82) is 0 Å². The van der Waals surface area contributed by atoms with Crippen molar-refractivity contribution in [3.8, 4) is 0 Å². The monoisotopic (exact) mass is 350 g/mol. The van der Waals surface area contributed by atoms with Crippen LogP contribution in [0.5, 0.6) is 0 Å². The van der Waals surface area contributed by atoms with Gasteiger partial charge in [-0.25, -0.2) is 0 Å². The molecule has 0 unspecified atom stereocenters. The molecule has 5 atom stereocenters. The molecule has 0 aromatic heterocycles. The Morgan fingerprint density at radius 2 is 1.46 bits per heavy atom. The standard InChI is InChI=1S/C23H26O3/c1-24-21-16-19-14-8-9-15-20(19)25-22(17-10-4-2-5-11-17)23(26-21)18-12-6-3-7-13-18/h2-8,10-14,19-23H,9,15-16H2,1H3/t19-,20-,21+,22+,23+/m0/s1. The zero-order valence-corrected chi connectivity index (χ0v) is 15.2. The number of benzene rings is 2. The largest absolute Gasteiger partial charge is 0.367 e. The summed E-state index contributed by atoms with van der Waals surface area (Å²) in [7, 11) is 1.73. The van der Waals surface area contributed by atoms with Crippen molar-refractivity contribution >= 4 is 0 Å². The van der Waals surface area contributed by atoms with Crippen molar-refractivity contribution in [2.24, 2.45) is 5.92 Å². The predicted octanol–water partition coefficient (Wildman–Crippen LogP) is 5.21. The Labute approximate surface area is 155 Å². The second-order valence-electron chi connectivity index (χ2n) is 7.04. The minimum Gasteiger partial charge on any atom is -0.367 e. The summed E-state index contributed by atoms with van der Waals surface area (Å²) in [4.78, 5) is 0. The molecule has 0 radical (unpaired) electrons. The molecular weight excluding hydrogens is 324 g/mol.